The molecule has 0 saturated heterocycles. The van der Waals surface area contributed by atoms with Crippen LogP contribution in [0.3, 0.4) is 0 Å². The molecule has 0 aliphatic heterocycles. The highest BCUT2D eigenvalue weighted by molar-refractivity contribution is 5.05. The van der Waals surface area contributed by atoms with Gasteiger partial charge in [0.15, 0.2) is 5.69 Å². The van der Waals surface area contributed by atoms with Crippen molar-refractivity contribution in [1.82, 2.24) is 9.97 Å². The van der Waals surface area contributed by atoms with Crippen LogP contribution in [0.15, 0.2) is 10.9 Å². The van der Waals surface area contributed by atoms with Crippen LogP contribution in [-0.2, 0) is 12.8 Å². The molecular weight excluding hydrogens is 189 g/mol. The normalized spacial score (nSPS) is 11.7. The van der Waals surface area contributed by atoms with Gasteiger partial charge in [-0.1, -0.05) is 0 Å². The fourth-order valence-corrected chi connectivity index (χ4v) is 0.728. The molecule has 0 amide bonds. The monoisotopic (exact) mass is 194 g/mol. The molecule has 1 rings (SSSR count). The summed E-state index contributed by atoms with van der Waals surface area (Å²) in [6.07, 6.45) is -4.67. The number of alkyl halides is 3. The molecular formula is C6H5F3N2O2. The lowest BCUT2D eigenvalue weighted by molar-refractivity contribution is -0.141. The summed E-state index contributed by atoms with van der Waals surface area (Å²) in [5.41, 5.74) is -2.24. The van der Waals surface area contributed by atoms with E-state index in [1.54, 1.807) is 0 Å². The number of rotatable bonds is 1. The third-order valence-corrected chi connectivity index (χ3v) is 1.23. The summed E-state index contributed by atoms with van der Waals surface area (Å²) in [5.74, 6) is -0.403. The largest absolute Gasteiger partial charge is 0.433 e. The van der Waals surface area contributed by atoms with Gasteiger partial charge in [-0.3, -0.25) is 4.79 Å². The van der Waals surface area contributed by atoms with Gasteiger partial charge in [-0.2, -0.15) is 13.2 Å². The number of hydrogen-bond donors (Lipinski definition) is 2. The number of aliphatic hydroxyl groups excluding tert-OH is 1. The average molecular weight is 194 g/mol. The highest BCUT2D eigenvalue weighted by Crippen LogP contribution is 2.26. The minimum atomic E-state index is -4.67. The number of hydrogen-bond acceptors (Lipinski definition) is 3. The van der Waals surface area contributed by atoms with Crippen molar-refractivity contribution in [3.05, 3.63) is 27.9 Å². The summed E-state index contributed by atoms with van der Waals surface area (Å²) in [5, 5.41) is 8.45. The van der Waals surface area contributed by atoms with Crippen LogP contribution in [0, 0.1) is 0 Å². The summed E-state index contributed by atoms with van der Waals surface area (Å²) >= 11 is 0. The fourth-order valence-electron chi connectivity index (χ4n) is 0.728. The van der Waals surface area contributed by atoms with E-state index in [4.69, 9.17) is 5.11 Å². The van der Waals surface area contributed by atoms with E-state index < -0.39 is 29.9 Å². The lowest BCUT2D eigenvalue weighted by atomic mass is 10.4. The molecule has 13 heavy (non-hydrogen) atoms. The van der Waals surface area contributed by atoms with Gasteiger partial charge in [0.2, 0.25) is 0 Å². The summed E-state index contributed by atoms with van der Waals surface area (Å²) in [6.45, 7) is -0.737. The van der Waals surface area contributed by atoms with Gasteiger partial charge in [0.25, 0.3) is 5.56 Å². The molecule has 2 N–H and O–H groups in total. The first-order valence-corrected chi connectivity index (χ1v) is 3.22. The van der Waals surface area contributed by atoms with E-state index in [1.807, 2.05) is 4.98 Å². The molecule has 4 nitrogen and oxygen atoms in total. The molecule has 0 atom stereocenters. The molecule has 72 valence electrons. The minimum Gasteiger partial charge on any atom is -0.388 e. The van der Waals surface area contributed by atoms with Crippen molar-refractivity contribution in [2.24, 2.45) is 0 Å². The van der Waals surface area contributed by atoms with E-state index in [0.717, 1.165) is 0 Å². The summed E-state index contributed by atoms with van der Waals surface area (Å²) in [6, 6.07) is 0.332. The molecule has 7 heteroatoms. The molecule has 0 unspecified atom stereocenters. The maximum atomic E-state index is 12.0. The third kappa shape index (κ3) is 2.28. The van der Waals surface area contributed by atoms with Gasteiger partial charge in [-0.15, -0.1) is 0 Å². The van der Waals surface area contributed by atoms with Gasteiger partial charge >= 0.3 is 6.18 Å². The Hall–Kier alpha value is -1.37. The molecule has 0 spiro atoms. The molecule has 0 aromatic carbocycles. The zero-order valence-electron chi connectivity index (χ0n) is 6.22. The quantitative estimate of drug-likeness (QED) is 0.674. The van der Waals surface area contributed by atoms with Crippen LogP contribution in [-0.4, -0.2) is 15.1 Å². The molecule has 0 saturated carbocycles. The number of halogens is 3. The highest BCUT2D eigenvalue weighted by atomic mass is 19.4. The van der Waals surface area contributed by atoms with E-state index in [1.165, 1.54) is 0 Å². The molecule has 0 aliphatic carbocycles. The van der Waals surface area contributed by atoms with Crippen molar-refractivity contribution in [2.45, 2.75) is 12.8 Å². The number of nitrogens with zero attached hydrogens (tertiary/aromatic N) is 1. The molecule has 0 bridgehead atoms. The zero-order valence-corrected chi connectivity index (χ0v) is 6.22. The molecule has 1 aromatic rings. The first-order valence-electron chi connectivity index (χ1n) is 3.22. The van der Waals surface area contributed by atoms with Gasteiger partial charge in [-0.25, -0.2) is 4.98 Å². The number of aliphatic hydroxyl groups is 1. The predicted molar refractivity (Wildman–Crippen MR) is 35.8 cm³/mol. The fraction of sp³-hybridized carbons (Fsp3) is 0.333. The summed E-state index contributed by atoms with van der Waals surface area (Å²) in [7, 11) is 0. The van der Waals surface area contributed by atoms with Crippen molar-refractivity contribution in [3.8, 4) is 0 Å². The van der Waals surface area contributed by atoms with Crippen molar-refractivity contribution in [3.63, 3.8) is 0 Å². The van der Waals surface area contributed by atoms with Gasteiger partial charge in [0, 0.05) is 6.07 Å². The van der Waals surface area contributed by atoms with Crippen LogP contribution in [0.4, 0.5) is 13.2 Å². The molecule has 1 aromatic heterocycles. The second-order valence-electron chi connectivity index (χ2n) is 2.23. The number of aromatic nitrogens is 2. The Morgan fingerprint density at radius 2 is 2.15 bits per heavy atom. The van der Waals surface area contributed by atoms with Crippen molar-refractivity contribution in [2.75, 3.05) is 0 Å². The maximum Gasteiger partial charge on any atom is 0.433 e. The molecule has 1 heterocycles. The Morgan fingerprint density at radius 3 is 2.62 bits per heavy atom. The van der Waals surface area contributed by atoms with E-state index in [-0.39, 0.29) is 0 Å². The van der Waals surface area contributed by atoms with Crippen LogP contribution in [0.2, 0.25) is 0 Å². The average Bonchev–Trinajstić information content (AvgIpc) is 2.01. The Balaban J connectivity index is 3.24. The number of H-pyrrole nitrogens is 1. The molecule has 0 fully saturated rings. The number of nitrogens with one attached hydrogen (secondary N) is 1. The molecule has 0 radical (unpaired) electrons. The van der Waals surface area contributed by atoms with Gasteiger partial charge < -0.3 is 10.1 Å². The third-order valence-electron chi connectivity index (χ3n) is 1.23. The zero-order chi connectivity index (χ0) is 10.1. The topological polar surface area (TPSA) is 66.0 Å². The van der Waals surface area contributed by atoms with Crippen molar-refractivity contribution < 1.29 is 18.3 Å². The maximum absolute atomic E-state index is 12.0. The van der Waals surface area contributed by atoms with Crippen LogP contribution >= 0.6 is 0 Å². The second kappa shape index (κ2) is 3.17. The molecule has 0 aliphatic rings. The lowest BCUT2D eigenvalue weighted by Crippen LogP contribution is -2.18. The lowest BCUT2D eigenvalue weighted by Gasteiger charge is -2.05. The highest BCUT2D eigenvalue weighted by Gasteiger charge is 2.33. The van der Waals surface area contributed by atoms with Crippen LogP contribution in [0.5, 0.6) is 0 Å². The standard InChI is InChI=1S/C6H5F3N2O2/c7-6(8,9)3-1-5(13)11-4(2-12)10-3/h1,12H,2H2,(H,10,11,13). The van der Waals surface area contributed by atoms with Crippen LogP contribution in [0.25, 0.3) is 0 Å². The van der Waals surface area contributed by atoms with Crippen molar-refractivity contribution in [1.29, 1.82) is 0 Å². The number of aromatic amines is 1. The Bertz CT molecular complexity index is 358. The first-order chi connectivity index (χ1) is 5.93. The minimum absolute atomic E-state index is 0.332. The summed E-state index contributed by atoms with van der Waals surface area (Å²) < 4.78 is 36.0. The summed E-state index contributed by atoms with van der Waals surface area (Å²) in [4.78, 5) is 15.6. The van der Waals surface area contributed by atoms with E-state index in [9.17, 15) is 18.0 Å². The smallest absolute Gasteiger partial charge is 0.388 e. The van der Waals surface area contributed by atoms with Gasteiger partial charge in [0.05, 0.1) is 0 Å². The van der Waals surface area contributed by atoms with Gasteiger partial charge in [0.1, 0.15) is 12.4 Å². The van der Waals surface area contributed by atoms with Crippen LogP contribution in [0.1, 0.15) is 11.5 Å². The Morgan fingerprint density at radius 1 is 1.54 bits per heavy atom. The van der Waals surface area contributed by atoms with Gasteiger partial charge in [-0.05, 0) is 0 Å². The second-order valence-corrected chi connectivity index (χ2v) is 2.23. The predicted octanol–water partition coefficient (Wildman–Crippen LogP) is 0.281. The SMILES string of the molecule is O=c1cc(C(F)(F)F)nc(CO)[nH]1. The van der Waals surface area contributed by atoms with E-state index >= 15 is 0 Å². The van der Waals surface area contributed by atoms with E-state index in [0.29, 0.717) is 6.07 Å². The Labute approximate surface area is 70.1 Å². The van der Waals surface area contributed by atoms with Crippen molar-refractivity contribution >= 4 is 0 Å². The van der Waals surface area contributed by atoms with E-state index in [2.05, 4.69) is 4.98 Å². The van der Waals surface area contributed by atoms with Crippen LogP contribution < -0.4 is 5.56 Å². The first kappa shape index (κ1) is 9.72. The Kier molecular flexibility index (Phi) is 2.37.